The molecular weight excluding hydrogens is 553 g/mol. The van der Waals surface area contributed by atoms with Gasteiger partial charge in [-0.3, -0.25) is 0 Å². The first-order chi connectivity index (χ1) is 18.2. The van der Waals surface area contributed by atoms with Crippen molar-refractivity contribution in [1.29, 1.82) is 0 Å². The molecule has 9 nitrogen and oxygen atoms in total. The third kappa shape index (κ3) is 6.05. The number of benzene rings is 2. The van der Waals surface area contributed by atoms with E-state index in [0.717, 1.165) is 21.3 Å². The molecule has 0 aliphatic rings. The van der Waals surface area contributed by atoms with Crippen LogP contribution in [0.25, 0.3) is 21.3 Å². The minimum Gasteiger partial charge on any atom is -0.493 e. The summed E-state index contributed by atoms with van der Waals surface area (Å²) in [4.78, 5) is 9.33. The molecule has 2 aromatic heterocycles. The minimum absolute atomic E-state index is 0.0323. The molecule has 0 amide bonds. The maximum atomic E-state index is 13.4. The largest absolute Gasteiger partial charge is 0.493 e. The zero-order valence-corrected chi connectivity index (χ0v) is 23.2. The van der Waals surface area contributed by atoms with Gasteiger partial charge in [0.15, 0.2) is 0 Å². The van der Waals surface area contributed by atoms with Gasteiger partial charge < -0.3 is 9.47 Å². The Hall–Kier alpha value is -3.29. The van der Waals surface area contributed by atoms with E-state index in [1.807, 2.05) is 5.38 Å². The van der Waals surface area contributed by atoms with Gasteiger partial charge in [0.25, 0.3) is 0 Å². The number of rotatable bonds is 12. The number of hydrogen-bond donors (Lipinski definition) is 0. The van der Waals surface area contributed by atoms with Crippen molar-refractivity contribution in [2.24, 2.45) is 0 Å². The van der Waals surface area contributed by atoms with E-state index in [-0.39, 0.29) is 23.0 Å². The first-order valence-electron chi connectivity index (χ1n) is 11.8. The van der Waals surface area contributed by atoms with Crippen molar-refractivity contribution in [2.75, 3.05) is 28.4 Å². The molecule has 38 heavy (non-hydrogen) atoms. The Balaban J connectivity index is 1.38. The first kappa shape index (κ1) is 27.7. The smallest absolute Gasteiger partial charge is 0.247 e. The van der Waals surface area contributed by atoms with Crippen molar-refractivity contribution >= 4 is 47.3 Å². The average molecular weight is 580 g/mol. The molecule has 0 fully saturated rings. The maximum absolute atomic E-state index is 13.4. The van der Waals surface area contributed by atoms with Crippen LogP contribution in [0, 0.1) is 5.82 Å². The highest BCUT2D eigenvalue weighted by molar-refractivity contribution is 8.10. The highest BCUT2D eigenvalue weighted by Crippen LogP contribution is 2.37. The van der Waals surface area contributed by atoms with Crippen LogP contribution in [0.15, 0.2) is 60.2 Å². The third-order valence-electron chi connectivity index (χ3n) is 5.57. The van der Waals surface area contributed by atoms with Crippen molar-refractivity contribution < 1.29 is 30.7 Å². The zero-order valence-electron chi connectivity index (χ0n) is 20.7. The van der Waals surface area contributed by atoms with Gasteiger partial charge in [0.05, 0.1) is 35.8 Å². The molecule has 13 heteroatoms. The van der Waals surface area contributed by atoms with Crippen LogP contribution in [0.3, 0.4) is 0 Å². The standard InChI is InChI=1S/C25H26FN3O6S3/c1-3-37(30,31)29(38(32,33)4-2)20-10-12-21(13-11-20)34-14-5-15-35-24-23-22(16-36-25(23)28-17-27-24)18-6-8-19(26)9-7-18/h6-13,16-17H,3-5,14-15H2,1-2H3. The molecule has 2 aromatic carbocycles. The number of nitrogens with zero attached hydrogens (tertiary/aromatic N) is 3. The molecule has 0 unspecified atom stereocenters. The molecule has 0 bridgehead atoms. The van der Waals surface area contributed by atoms with Gasteiger partial charge in [-0.2, -0.15) is 3.71 Å². The molecule has 0 saturated heterocycles. The molecule has 0 atom stereocenters. The summed E-state index contributed by atoms with van der Waals surface area (Å²) in [7, 11) is -8.04. The number of hydrogen-bond acceptors (Lipinski definition) is 9. The summed E-state index contributed by atoms with van der Waals surface area (Å²) in [5.41, 5.74) is 1.73. The molecule has 0 radical (unpaired) electrons. The van der Waals surface area contributed by atoms with Gasteiger partial charge in [0.1, 0.15) is 22.7 Å². The Morgan fingerprint density at radius 3 is 2.13 bits per heavy atom. The molecule has 2 heterocycles. The molecule has 0 spiro atoms. The molecule has 202 valence electrons. The van der Waals surface area contributed by atoms with Gasteiger partial charge in [-0.25, -0.2) is 31.2 Å². The number of halogens is 1. The van der Waals surface area contributed by atoms with E-state index in [1.54, 1.807) is 12.1 Å². The SMILES string of the molecule is CCS(=O)(=O)N(c1ccc(OCCCOc2ncnc3scc(-c4ccc(F)cc4)c23)cc1)S(=O)(=O)CC. The Labute approximate surface area is 225 Å². The normalized spacial score (nSPS) is 12.0. The summed E-state index contributed by atoms with van der Waals surface area (Å²) >= 11 is 1.45. The van der Waals surface area contributed by atoms with E-state index >= 15 is 0 Å². The van der Waals surface area contributed by atoms with Crippen molar-refractivity contribution in [2.45, 2.75) is 20.3 Å². The van der Waals surface area contributed by atoms with Gasteiger partial charge >= 0.3 is 0 Å². The highest BCUT2D eigenvalue weighted by atomic mass is 32.3. The summed E-state index contributed by atoms with van der Waals surface area (Å²) in [5.74, 6) is -0.128. The summed E-state index contributed by atoms with van der Waals surface area (Å²) in [6.07, 6.45) is 1.95. The number of anilines is 1. The van der Waals surface area contributed by atoms with Crippen molar-refractivity contribution in [1.82, 2.24) is 9.97 Å². The van der Waals surface area contributed by atoms with E-state index in [1.165, 1.54) is 67.9 Å². The van der Waals surface area contributed by atoms with E-state index in [2.05, 4.69) is 9.97 Å². The number of thiophene rings is 1. The Bertz CT molecular complexity index is 1570. The van der Waals surface area contributed by atoms with Crippen LogP contribution < -0.4 is 13.2 Å². The van der Waals surface area contributed by atoms with Crippen LogP contribution in [0.5, 0.6) is 11.6 Å². The second-order valence-corrected chi connectivity index (χ2v) is 13.4. The lowest BCUT2D eigenvalue weighted by molar-refractivity contribution is 0.244. The van der Waals surface area contributed by atoms with Crippen LogP contribution in [0.4, 0.5) is 10.1 Å². The number of fused-ring (bicyclic) bond motifs is 1. The van der Waals surface area contributed by atoms with Crippen LogP contribution in [0.1, 0.15) is 20.3 Å². The van der Waals surface area contributed by atoms with Gasteiger partial charge in [0, 0.05) is 17.4 Å². The van der Waals surface area contributed by atoms with Crippen molar-refractivity contribution in [3.05, 3.63) is 66.1 Å². The van der Waals surface area contributed by atoms with E-state index in [9.17, 15) is 21.2 Å². The molecule has 0 N–H and O–H groups in total. The van der Waals surface area contributed by atoms with Gasteiger partial charge in [0.2, 0.25) is 25.9 Å². The molecule has 0 saturated carbocycles. The van der Waals surface area contributed by atoms with E-state index in [0.29, 0.717) is 35.0 Å². The highest BCUT2D eigenvalue weighted by Gasteiger charge is 2.31. The lowest BCUT2D eigenvalue weighted by atomic mass is 10.1. The number of sulfonamides is 2. The van der Waals surface area contributed by atoms with Crippen molar-refractivity contribution in [3.8, 4) is 22.8 Å². The Morgan fingerprint density at radius 2 is 1.50 bits per heavy atom. The fourth-order valence-electron chi connectivity index (χ4n) is 3.61. The topological polar surface area (TPSA) is 116 Å². The molecule has 0 aliphatic heterocycles. The van der Waals surface area contributed by atoms with Gasteiger partial charge in [-0.15, -0.1) is 11.3 Å². The second kappa shape index (κ2) is 11.6. The molecule has 0 aliphatic carbocycles. The summed E-state index contributed by atoms with van der Waals surface area (Å²) < 4.78 is 75.1. The first-order valence-corrected chi connectivity index (χ1v) is 15.9. The van der Waals surface area contributed by atoms with Gasteiger partial charge in [-0.1, -0.05) is 12.1 Å². The fraction of sp³-hybridized carbons (Fsp3) is 0.280. The number of aromatic nitrogens is 2. The fourth-order valence-corrected chi connectivity index (χ4v) is 7.89. The molecular formula is C25H26FN3O6S3. The zero-order chi connectivity index (χ0) is 27.3. The summed E-state index contributed by atoms with van der Waals surface area (Å²) in [6, 6.07) is 12.0. The molecule has 4 aromatic rings. The Kier molecular flexibility index (Phi) is 8.48. The second-order valence-electron chi connectivity index (χ2n) is 8.06. The third-order valence-corrected chi connectivity index (χ3v) is 10.7. The average Bonchev–Trinajstić information content (AvgIpc) is 3.35. The number of ether oxygens (including phenoxy) is 2. The van der Waals surface area contributed by atoms with Crippen LogP contribution in [-0.2, 0) is 20.0 Å². The van der Waals surface area contributed by atoms with Crippen LogP contribution >= 0.6 is 11.3 Å². The quantitative estimate of drug-likeness (QED) is 0.219. The van der Waals surface area contributed by atoms with Crippen molar-refractivity contribution in [3.63, 3.8) is 0 Å². The van der Waals surface area contributed by atoms with Crippen LogP contribution in [0.2, 0.25) is 0 Å². The maximum Gasteiger partial charge on any atom is 0.247 e. The lowest BCUT2D eigenvalue weighted by Crippen LogP contribution is -2.39. The predicted octanol–water partition coefficient (Wildman–Crippen LogP) is 4.85. The summed E-state index contributed by atoms with van der Waals surface area (Å²) in [6.45, 7) is 3.38. The van der Waals surface area contributed by atoms with E-state index in [4.69, 9.17) is 9.47 Å². The lowest BCUT2D eigenvalue weighted by Gasteiger charge is -2.22. The summed E-state index contributed by atoms with van der Waals surface area (Å²) in [5, 5.41) is 2.69. The predicted molar refractivity (Wildman–Crippen MR) is 146 cm³/mol. The minimum atomic E-state index is -4.02. The van der Waals surface area contributed by atoms with Gasteiger partial charge in [-0.05, 0) is 55.8 Å². The molecule has 4 rings (SSSR count). The van der Waals surface area contributed by atoms with Crippen LogP contribution in [-0.4, -0.2) is 51.5 Å². The monoisotopic (exact) mass is 579 g/mol. The van der Waals surface area contributed by atoms with E-state index < -0.39 is 20.0 Å². The Morgan fingerprint density at radius 1 is 0.868 bits per heavy atom.